The summed E-state index contributed by atoms with van der Waals surface area (Å²) in [6.07, 6.45) is 1.40. The molecule has 0 amide bonds. The molecule has 25 heavy (non-hydrogen) atoms. The van der Waals surface area contributed by atoms with Crippen LogP contribution in [0.4, 0.5) is 10.9 Å². The SMILES string of the molecule is COc1cc(Nc2nc(C)c(-c3ccc(S(N)(=O)=O)cc3)s2)ncn1. The van der Waals surface area contributed by atoms with Crippen LogP contribution in [0, 0.1) is 6.92 Å². The van der Waals surface area contributed by atoms with Gasteiger partial charge in [-0.3, -0.25) is 0 Å². The van der Waals surface area contributed by atoms with Crippen molar-refractivity contribution in [1.82, 2.24) is 15.0 Å². The number of hydrogen-bond donors (Lipinski definition) is 2. The Kier molecular flexibility index (Phi) is 4.66. The smallest absolute Gasteiger partial charge is 0.238 e. The van der Waals surface area contributed by atoms with E-state index in [9.17, 15) is 8.42 Å². The van der Waals surface area contributed by atoms with Gasteiger partial charge in [0, 0.05) is 6.07 Å². The van der Waals surface area contributed by atoms with Crippen LogP contribution in [-0.4, -0.2) is 30.5 Å². The fraction of sp³-hybridized carbons (Fsp3) is 0.133. The minimum absolute atomic E-state index is 0.0739. The first kappa shape index (κ1) is 17.3. The molecule has 0 aliphatic carbocycles. The summed E-state index contributed by atoms with van der Waals surface area (Å²) in [4.78, 5) is 13.5. The number of sulfonamides is 1. The van der Waals surface area contributed by atoms with Gasteiger partial charge in [-0.1, -0.05) is 23.5 Å². The highest BCUT2D eigenvalue weighted by Crippen LogP contribution is 2.34. The zero-order valence-electron chi connectivity index (χ0n) is 13.4. The third-order valence-corrected chi connectivity index (χ3v) is 5.38. The zero-order valence-corrected chi connectivity index (χ0v) is 15.1. The Labute approximate surface area is 148 Å². The minimum Gasteiger partial charge on any atom is -0.481 e. The van der Waals surface area contributed by atoms with Gasteiger partial charge >= 0.3 is 0 Å². The largest absolute Gasteiger partial charge is 0.481 e. The van der Waals surface area contributed by atoms with E-state index >= 15 is 0 Å². The molecule has 2 aromatic heterocycles. The Balaban J connectivity index is 1.87. The molecule has 8 nitrogen and oxygen atoms in total. The Morgan fingerprint density at radius 1 is 1.20 bits per heavy atom. The second-order valence-corrected chi connectivity index (χ2v) is 7.63. The van der Waals surface area contributed by atoms with E-state index in [0.717, 1.165) is 16.1 Å². The summed E-state index contributed by atoms with van der Waals surface area (Å²) in [7, 11) is -2.17. The lowest BCUT2D eigenvalue weighted by atomic mass is 10.2. The van der Waals surface area contributed by atoms with Crippen molar-refractivity contribution in [2.75, 3.05) is 12.4 Å². The van der Waals surface area contributed by atoms with Crippen LogP contribution in [0.3, 0.4) is 0 Å². The van der Waals surface area contributed by atoms with Gasteiger partial charge in [0.2, 0.25) is 15.9 Å². The number of primary sulfonamides is 1. The molecule has 0 bridgehead atoms. The molecule has 0 aliphatic rings. The number of anilines is 2. The van der Waals surface area contributed by atoms with E-state index in [1.807, 2.05) is 6.92 Å². The number of ether oxygens (including phenoxy) is 1. The molecule has 3 N–H and O–H groups in total. The Bertz CT molecular complexity index is 1000. The van der Waals surface area contributed by atoms with Gasteiger partial charge < -0.3 is 10.1 Å². The number of nitrogens with one attached hydrogen (secondary N) is 1. The molecule has 0 saturated heterocycles. The first-order chi connectivity index (χ1) is 11.9. The summed E-state index contributed by atoms with van der Waals surface area (Å²) < 4.78 is 27.7. The molecule has 1 aromatic carbocycles. The van der Waals surface area contributed by atoms with Crippen molar-refractivity contribution in [1.29, 1.82) is 0 Å². The molecule has 0 radical (unpaired) electrons. The predicted octanol–water partition coefficient (Wildman–Crippen LogP) is 2.31. The van der Waals surface area contributed by atoms with Crippen molar-refractivity contribution in [3.05, 3.63) is 42.4 Å². The maximum absolute atomic E-state index is 11.3. The number of aromatic nitrogens is 3. The van der Waals surface area contributed by atoms with E-state index in [2.05, 4.69) is 20.3 Å². The van der Waals surface area contributed by atoms with Crippen molar-refractivity contribution >= 4 is 32.3 Å². The fourth-order valence-electron chi connectivity index (χ4n) is 2.14. The first-order valence-corrected chi connectivity index (χ1v) is 9.47. The van der Waals surface area contributed by atoms with Gasteiger partial charge in [0.05, 0.1) is 22.6 Å². The number of methoxy groups -OCH3 is 1. The molecule has 0 spiro atoms. The van der Waals surface area contributed by atoms with Gasteiger partial charge in [-0.25, -0.2) is 28.5 Å². The maximum atomic E-state index is 11.3. The molecule has 10 heteroatoms. The number of benzene rings is 1. The predicted molar refractivity (Wildman–Crippen MR) is 95.5 cm³/mol. The molecule has 130 valence electrons. The summed E-state index contributed by atoms with van der Waals surface area (Å²) in [5.41, 5.74) is 1.67. The molecule has 0 fully saturated rings. The summed E-state index contributed by atoms with van der Waals surface area (Å²) in [5, 5.41) is 8.88. The maximum Gasteiger partial charge on any atom is 0.238 e. The van der Waals surface area contributed by atoms with Crippen molar-refractivity contribution < 1.29 is 13.2 Å². The summed E-state index contributed by atoms with van der Waals surface area (Å²) in [6.45, 7) is 1.88. The van der Waals surface area contributed by atoms with Crippen molar-refractivity contribution in [2.24, 2.45) is 5.14 Å². The molecule has 3 aromatic rings. The van der Waals surface area contributed by atoms with Gasteiger partial charge in [-0.05, 0) is 24.6 Å². The highest BCUT2D eigenvalue weighted by atomic mass is 32.2. The zero-order chi connectivity index (χ0) is 18.0. The number of thiazole rings is 1. The number of rotatable bonds is 5. The number of hydrogen-bond acceptors (Lipinski definition) is 8. The van der Waals surface area contributed by atoms with Crippen molar-refractivity contribution in [2.45, 2.75) is 11.8 Å². The second kappa shape index (κ2) is 6.75. The van der Waals surface area contributed by atoms with Crippen LogP contribution in [0.2, 0.25) is 0 Å². The highest BCUT2D eigenvalue weighted by Gasteiger charge is 2.13. The molecule has 0 atom stereocenters. The van der Waals surface area contributed by atoms with Gasteiger partial charge in [-0.15, -0.1) is 0 Å². The van der Waals surface area contributed by atoms with Crippen LogP contribution in [0.25, 0.3) is 10.4 Å². The van der Waals surface area contributed by atoms with E-state index < -0.39 is 10.0 Å². The topological polar surface area (TPSA) is 120 Å². The third-order valence-electron chi connectivity index (χ3n) is 3.33. The normalized spacial score (nSPS) is 11.3. The van der Waals surface area contributed by atoms with E-state index in [1.165, 1.54) is 36.9 Å². The van der Waals surface area contributed by atoms with Gasteiger partial charge in [0.1, 0.15) is 12.1 Å². The number of nitrogens with zero attached hydrogens (tertiary/aromatic N) is 3. The van der Waals surface area contributed by atoms with Crippen LogP contribution in [0.5, 0.6) is 5.88 Å². The number of aryl methyl sites for hydroxylation is 1. The summed E-state index contributed by atoms with van der Waals surface area (Å²) >= 11 is 1.43. The standard InChI is InChI=1S/C15H15N5O3S2/c1-9-14(10-3-5-11(6-4-10)25(16,21)22)24-15(19-9)20-12-7-13(23-2)18-8-17-12/h3-8H,1-2H3,(H2,16,21,22)(H,17,18,19,20). The van der Waals surface area contributed by atoms with Crippen molar-refractivity contribution in [3.63, 3.8) is 0 Å². The van der Waals surface area contributed by atoms with Crippen molar-refractivity contribution in [3.8, 4) is 16.3 Å². The second-order valence-electron chi connectivity index (χ2n) is 5.07. The quantitative estimate of drug-likeness (QED) is 0.700. The van der Waals surface area contributed by atoms with E-state index in [0.29, 0.717) is 16.8 Å². The van der Waals surface area contributed by atoms with Crippen LogP contribution < -0.4 is 15.2 Å². The molecule has 2 heterocycles. The minimum atomic E-state index is -3.70. The lowest BCUT2D eigenvalue weighted by Crippen LogP contribution is -2.11. The van der Waals surface area contributed by atoms with Crippen LogP contribution >= 0.6 is 11.3 Å². The Morgan fingerprint density at radius 2 is 1.92 bits per heavy atom. The van der Waals surface area contributed by atoms with Crippen LogP contribution in [0.1, 0.15) is 5.69 Å². The molecule has 0 aliphatic heterocycles. The lowest BCUT2D eigenvalue weighted by molar-refractivity contribution is 0.397. The fourth-order valence-corrected chi connectivity index (χ4v) is 3.64. The number of nitrogens with two attached hydrogens (primary N) is 1. The van der Waals surface area contributed by atoms with Gasteiger partial charge in [-0.2, -0.15) is 0 Å². The van der Waals surface area contributed by atoms with Crippen LogP contribution in [0.15, 0.2) is 41.6 Å². The average Bonchev–Trinajstić information content (AvgIpc) is 2.94. The van der Waals surface area contributed by atoms with E-state index in [-0.39, 0.29) is 4.90 Å². The average molecular weight is 377 g/mol. The molecule has 3 rings (SSSR count). The monoisotopic (exact) mass is 377 g/mol. The third kappa shape index (κ3) is 3.92. The molecular weight excluding hydrogens is 362 g/mol. The Morgan fingerprint density at radius 3 is 2.56 bits per heavy atom. The first-order valence-electron chi connectivity index (χ1n) is 7.10. The van der Waals surface area contributed by atoms with E-state index in [1.54, 1.807) is 18.2 Å². The van der Waals surface area contributed by atoms with Gasteiger partial charge in [0.15, 0.2) is 5.13 Å². The lowest BCUT2D eigenvalue weighted by Gasteiger charge is -2.03. The Hall–Kier alpha value is -2.56. The van der Waals surface area contributed by atoms with E-state index in [4.69, 9.17) is 9.88 Å². The highest BCUT2D eigenvalue weighted by molar-refractivity contribution is 7.89. The summed E-state index contributed by atoms with van der Waals surface area (Å²) in [5.74, 6) is 1.02. The molecular formula is C15H15N5O3S2. The summed E-state index contributed by atoms with van der Waals surface area (Å²) in [6, 6.07) is 8.03. The van der Waals surface area contributed by atoms with Gasteiger partial charge in [0.25, 0.3) is 0 Å². The van der Waals surface area contributed by atoms with Crippen LogP contribution in [-0.2, 0) is 10.0 Å². The molecule has 0 saturated carbocycles. The molecule has 0 unspecified atom stereocenters.